The highest BCUT2D eigenvalue weighted by Crippen LogP contribution is 2.23. The average Bonchev–Trinajstić information content (AvgIpc) is 2.58. The molecule has 1 amide bonds. The fourth-order valence-corrected chi connectivity index (χ4v) is 2.91. The summed E-state index contributed by atoms with van der Waals surface area (Å²) >= 11 is 3.39. The van der Waals surface area contributed by atoms with Crippen molar-refractivity contribution < 1.29 is 13.9 Å². The molecule has 3 rings (SSSR count). The predicted molar refractivity (Wildman–Crippen MR) is 89.5 cm³/mol. The molecule has 2 aromatic rings. The van der Waals surface area contributed by atoms with Crippen LogP contribution < -0.4 is 0 Å². The topological polar surface area (TPSA) is 29.5 Å². The van der Waals surface area contributed by atoms with E-state index < -0.39 is 0 Å². The lowest BCUT2D eigenvalue weighted by molar-refractivity contribution is -0.138. The van der Waals surface area contributed by atoms with Gasteiger partial charge in [-0.2, -0.15) is 0 Å². The first-order valence-electron chi connectivity index (χ1n) is 7.51. The summed E-state index contributed by atoms with van der Waals surface area (Å²) in [7, 11) is 0. The van der Waals surface area contributed by atoms with Crippen molar-refractivity contribution in [2.75, 3.05) is 19.7 Å². The Hall–Kier alpha value is -1.72. The van der Waals surface area contributed by atoms with Crippen LogP contribution in [0, 0.1) is 5.82 Å². The fraction of sp³-hybridized carbons (Fsp3) is 0.278. The molecule has 1 fully saturated rings. The van der Waals surface area contributed by atoms with Crippen molar-refractivity contribution in [1.82, 2.24) is 4.90 Å². The third-order valence-electron chi connectivity index (χ3n) is 3.93. The molecule has 0 spiro atoms. The number of benzene rings is 2. The molecule has 0 aromatic heterocycles. The van der Waals surface area contributed by atoms with Crippen LogP contribution in [0.5, 0.6) is 0 Å². The van der Waals surface area contributed by atoms with Crippen LogP contribution in [0.25, 0.3) is 0 Å². The highest BCUT2D eigenvalue weighted by atomic mass is 79.9. The van der Waals surface area contributed by atoms with E-state index in [2.05, 4.69) is 15.9 Å². The van der Waals surface area contributed by atoms with Gasteiger partial charge in [-0.15, -0.1) is 0 Å². The predicted octanol–water partition coefficient (Wildman–Crippen LogP) is 3.73. The van der Waals surface area contributed by atoms with E-state index in [0.717, 1.165) is 15.6 Å². The van der Waals surface area contributed by atoms with Crippen LogP contribution in [0.1, 0.15) is 17.2 Å². The fourth-order valence-electron chi connectivity index (χ4n) is 2.64. The van der Waals surface area contributed by atoms with E-state index in [1.165, 1.54) is 12.1 Å². The monoisotopic (exact) mass is 377 g/mol. The number of morpholine rings is 1. The zero-order valence-electron chi connectivity index (χ0n) is 12.5. The van der Waals surface area contributed by atoms with E-state index in [-0.39, 0.29) is 17.8 Å². The molecule has 1 aliphatic heterocycles. The Balaban J connectivity index is 1.64. The molecular weight excluding hydrogens is 361 g/mol. The van der Waals surface area contributed by atoms with E-state index >= 15 is 0 Å². The van der Waals surface area contributed by atoms with Gasteiger partial charge in [0.1, 0.15) is 11.9 Å². The van der Waals surface area contributed by atoms with Gasteiger partial charge in [0.05, 0.1) is 19.6 Å². The molecule has 2 aromatic carbocycles. The standard InChI is InChI=1S/C18H17BrFNO2/c19-15-5-1-13(2-6-15)11-18(22)21-9-10-23-17(12-21)14-3-7-16(20)8-4-14/h1-8,17H,9-12H2/t17-/m1/s1. The number of carbonyl (C=O) groups is 1. The zero-order chi connectivity index (χ0) is 16.2. The maximum Gasteiger partial charge on any atom is 0.227 e. The molecule has 23 heavy (non-hydrogen) atoms. The lowest BCUT2D eigenvalue weighted by Crippen LogP contribution is -2.42. The second-order valence-electron chi connectivity index (χ2n) is 5.55. The highest BCUT2D eigenvalue weighted by molar-refractivity contribution is 9.10. The maximum absolute atomic E-state index is 13.0. The Morgan fingerprint density at radius 2 is 1.87 bits per heavy atom. The van der Waals surface area contributed by atoms with Crippen molar-refractivity contribution in [2.24, 2.45) is 0 Å². The van der Waals surface area contributed by atoms with Crippen molar-refractivity contribution in [1.29, 1.82) is 0 Å². The van der Waals surface area contributed by atoms with Gasteiger partial charge in [0, 0.05) is 11.0 Å². The van der Waals surface area contributed by atoms with E-state index in [1.54, 1.807) is 12.1 Å². The van der Waals surface area contributed by atoms with Crippen LogP contribution in [-0.4, -0.2) is 30.5 Å². The molecule has 0 N–H and O–H groups in total. The molecule has 0 aliphatic carbocycles. The second-order valence-corrected chi connectivity index (χ2v) is 6.47. The van der Waals surface area contributed by atoms with Crippen LogP contribution in [0.15, 0.2) is 53.0 Å². The van der Waals surface area contributed by atoms with Gasteiger partial charge in [-0.25, -0.2) is 4.39 Å². The molecule has 1 heterocycles. The minimum atomic E-state index is -0.271. The molecule has 3 nitrogen and oxygen atoms in total. The minimum Gasteiger partial charge on any atom is -0.370 e. The van der Waals surface area contributed by atoms with Gasteiger partial charge in [-0.3, -0.25) is 4.79 Å². The van der Waals surface area contributed by atoms with Gasteiger partial charge >= 0.3 is 0 Å². The molecule has 120 valence electrons. The van der Waals surface area contributed by atoms with Crippen molar-refractivity contribution in [3.8, 4) is 0 Å². The van der Waals surface area contributed by atoms with E-state index in [4.69, 9.17) is 4.74 Å². The number of amides is 1. The van der Waals surface area contributed by atoms with Gasteiger partial charge in [-0.1, -0.05) is 40.2 Å². The lowest BCUT2D eigenvalue weighted by atomic mass is 10.1. The first kappa shape index (κ1) is 16.1. The third-order valence-corrected chi connectivity index (χ3v) is 4.46. The Morgan fingerprint density at radius 1 is 1.17 bits per heavy atom. The van der Waals surface area contributed by atoms with Crippen LogP contribution in [0.4, 0.5) is 4.39 Å². The Morgan fingerprint density at radius 3 is 2.57 bits per heavy atom. The number of nitrogens with zero attached hydrogens (tertiary/aromatic N) is 1. The molecule has 0 radical (unpaired) electrons. The molecule has 0 saturated carbocycles. The minimum absolute atomic E-state index is 0.0859. The zero-order valence-corrected chi connectivity index (χ0v) is 14.1. The van der Waals surface area contributed by atoms with Crippen LogP contribution in [0.2, 0.25) is 0 Å². The van der Waals surface area contributed by atoms with Crippen LogP contribution in [0.3, 0.4) is 0 Å². The van der Waals surface area contributed by atoms with Crippen molar-refractivity contribution >= 4 is 21.8 Å². The molecule has 1 aliphatic rings. The van der Waals surface area contributed by atoms with Crippen molar-refractivity contribution in [2.45, 2.75) is 12.5 Å². The van der Waals surface area contributed by atoms with E-state index in [0.29, 0.717) is 26.1 Å². The Kier molecular flexibility index (Phi) is 5.08. The van der Waals surface area contributed by atoms with Gasteiger partial charge in [0.25, 0.3) is 0 Å². The number of hydrogen-bond acceptors (Lipinski definition) is 2. The number of halogens is 2. The number of ether oxygens (including phenoxy) is 1. The molecule has 1 atom stereocenters. The van der Waals surface area contributed by atoms with E-state index in [1.807, 2.05) is 29.2 Å². The average molecular weight is 378 g/mol. The highest BCUT2D eigenvalue weighted by Gasteiger charge is 2.25. The van der Waals surface area contributed by atoms with Crippen molar-refractivity contribution in [3.05, 3.63) is 69.9 Å². The summed E-state index contributed by atoms with van der Waals surface area (Å²) < 4.78 is 19.7. The maximum atomic E-state index is 13.0. The first-order valence-corrected chi connectivity index (χ1v) is 8.30. The summed E-state index contributed by atoms with van der Waals surface area (Å²) in [5.41, 5.74) is 1.88. The number of rotatable bonds is 3. The van der Waals surface area contributed by atoms with Gasteiger partial charge in [-0.05, 0) is 35.4 Å². The third kappa shape index (κ3) is 4.18. The van der Waals surface area contributed by atoms with Gasteiger partial charge < -0.3 is 9.64 Å². The second kappa shape index (κ2) is 7.23. The summed E-state index contributed by atoms with van der Waals surface area (Å²) in [5, 5.41) is 0. The Bertz CT molecular complexity index is 672. The van der Waals surface area contributed by atoms with Gasteiger partial charge in [0.2, 0.25) is 5.91 Å². The quantitative estimate of drug-likeness (QED) is 0.815. The number of hydrogen-bond donors (Lipinski definition) is 0. The van der Waals surface area contributed by atoms with Crippen LogP contribution >= 0.6 is 15.9 Å². The molecule has 0 unspecified atom stereocenters. The summed E-state index contributed by atoms with van der Waals surface area (Å²) in [6.45, 7) is 1.59. The summed E-state index contributed by atoms with van der Waals surface area (Å²) in [5.74, 6) is -0.185. The van der Waals surface area contributed by atoms with Gasteiger partial charge in [0.15, 0.2) is 0 Å². The first-order chi connectivity index (χ1) is 11.1. The summed E-state index contributed by atoms with van der Waals surface area (Å²) in [4.78, 5) is 14.3. The Labute approximate surface area is 143 Å². The molecule has 1 saturated heterocycles. The number of carbonyl (C=O) groups excluding carboxylic acids is 1. The molecule has 0 bridgehead atoms. The lowest BCUT2D eigenvalue weighted by Gasteiger charge is -2.33. The molecule has 5 heteroatoms. The largest absolute Gasteiger partial charge is 0.370 e. The normalized spacial score (nSPS) is 18.0. The molecular formula is C18H17BrFNO2. The van der Waals surface area contributed by atoms with E-state index in [9.17, 15) is 9.18 Å². The summed E-state index contributed by atoms with van der Waals surface area (Å²) in [6, 6.07) is 14.0. The smallest absolute Gasteiger partial charge is 0.227 e. The van der Waals surface area contributed by atoms with Crippen molar-refractivity contribution in [3.63, 3.8) is 0 Å². The SMILES string of the molecule is O=C(Cc1ccc(Br)cc1)N1CCO[C@@H](c2ccc(F)cc2)C1. The summed E-state index contributed by atoms with van der Waals surface area (Å²) in [6.07, 6.45) is 0.182. The van der Waals surface area contributed by atoms with Crippen LogP contribution in [-0.2, 0) is 16.0 Å².